The van der Waals surface area contributed by atoms with Gasteiger partial charge in [-0.15, -0.1) is 0 Å². The molecule has 0 saturated heterocycles. The van der Waals surface area contributed by atoms with Crippen molar-refractivity contribution < 1.29 is 9.13 Å². The molecule has 0 unspecified atom stereocenters. The van der Waals surface area contributed by atoms with Crippen molar-refractivity contribution in [3.63, 3.8) is 0 Å². The van der Waals surface area contributed by atoms with Gasteiger partial charge in [0.05, 0.1) is 0 Å². The van der Waals surface area contributed by atoms with Crippen molar-refractivity contribution >= 4 is 0 Å². The lowest BCUT2D eigenvalue weighted by Crippen LogP contribution is -2.35. The number of ether oxygens (including phenoxy) is 1. The molecule has 0 aliphatic heterocycles. The minimum Gasteiger partial charge on any atom is -0.485 e. The summed E-state index contributed by atoms with van der Waals surface area (Å²) in [5, 5.41) is 7.32. The Hall–Kier alpha value is -1.95. The summed E-state index contributed by atoms with van der Waals surface area (Å²) in [7, 11) is 1.80. The lowest BCUT2D eigenvalue weighted by molar-refractivity contribution is 0.284. The predicted molar refractivity (Wildman–Crippen MR) is 78.3 cm³/mol. The predicted octanol–water partition coefficient (Wildman–Crippen LogP) is 2.42. The summed E-state index contributed by atoms with van der Waals surface area (Å²) in [6.45, 7) is 7.02. The third kappa shape index (κ3) is 4.53. The van der Waals surface area contributed by atoms with E-state index in [0.717, 1.165) is 5.56 Å². The molecule has 114 valence electrons. The highest BCUT2D eigenvalue weighted by Crippen LogP contribution is 2.21. The van der Waals surface area contributed by atoms with Crippen LogP contribution in [0.1, 0.15) is 32.2 Å². The van der Waals surface area contributed by atoms with Gasteiger partial charge in [0.15, 0.2) is 5.82 Å². The molecule has 0 aliphatic carbocycles. The molecular weight excluding hydrogens is 271 g/mol. The van der Waals surface area contributed by atoms with E-state index in [9.17, 15) is 4.39 Å². The van der Waals surface area contributed by atoms with Gasteiger partial charge in [0.25, 0.3) is 0 Å². The Kier molecular flexibility index (Phi) is 4.57. The fourth-order valence-electron chi connectivity index (χ4n) is 1.78. The summed E-state index contributed by atoms with van der Waals surface area (Å²) in [4.78, 5) is 4.10. The minimum absolute atomic E-state index is 0.0484. The largest absolute Gasteiger partial charge is 0.485 e. The van der Waals surface area contributed by atoms with E-state index in [-0.39, 0.29) is 11.4 Å². The van der Waals surface area contributed by atoms with E-state index in [2.05, 4.69) is 36.2 Å². The molecule has 2 rings (SSSR count). The Morgan fingerprint density at radius 3 is 2.71 bits per heavy atom. The maximum absolute atomic E-state index is 13.4. The van der Waals surface area contributed by atoms with Crippen molar-refractivity contribution in [1.29, 1.82) is 0 Å². The van der Waals surface area contributed by atoms with E-state index < -0.39 is 0 Å². The molecule has 0 spiro atoms. The standard InChI is InChI=1S/C15H21FN4O/c1-15(2,3)18-8-11-7-12(16)5-6-13(11)21-9-14-17-10-19-20(14)4/h5-7,10,18H,8-9H2,1-4H3. The van der Waals surface area contributed by atoms with Gasteiger partial charge >= 0.3 is 0 Å². The van der Waals surface area contributed by atoms with Gasteiger partial charge in [0.2, 0.25) is 0 Å². The average molecular weight is 292 g/mol. The van der Waals surface area contributed by atoms with Gasteiger partial charge in [-0.25, -0.2) is 9.37 Å². The van der Waals surface area contributed by atoms with Gasteiger partial charge in [-0.2, -0.15) is 5.10 Å². The third-order valence-electron chi connectivity index (χ3n) is 2.99. The highest BCUT2D eigenvalue weighted by Gasteiger charge is 2.12. The molecule has 0 radical (unpaired) electrons. The van der Waals surface area contributed by atoms with Crippen molar-refractivity contribution in [1.82, 2.24) is 20.1 Å². The fourth-order valence-corrected chi connectivity index (χ4v) is 1.78. The Morgan fingerprint density at radius 2 is 2.10 bits per heavy atom. The summed E-state index contributed by atoms with van der Waals surface area (Å²) < 4.78 is 20.8. The number of halogens is 1. The van der Waals surface area contributed by atoms with Crippen LogP contribution < -0.4 is 10.1 Å². The van der Waals surface area contributed by atoms with Crippen LogP contribution in [0.3, 0.4) is 0 Å². The van der Waals surface area contributed by atoms with Gasteiger partial charge < -0.3 is 10.1 Å². The summed E-state index contributed by atoms with van der Waals surface area (Å²) in [6.07, 6.45) is 1.48. The highest BCUT2D eigenvalue weighted by atomic mass is 19.1. The van der Waals surface area contributed by atoms with Gasteiger partial charge in [-0.05, 0) is 39.0 Å². The Labute approximate surface area is 124 Å². The normalized spacial score (nSPS) is 11.7. The van der Waals surface area contributed by atoms with Crippen LogP contribution in [0, 0.1) is 5.82 Å². The monoisotopic (exact) mass is 292 g/mol. The topological polar surface area (TPSA) is 52.0 Å². The fraction of sp³-hybridized carbons (Fsp3) is 0.467. The van der Waals surface area contributed by atoms with E-state index in [1.54, 1.807) is 17.8 Å². The molecule has 1 aromatic carbocycles. The zero-order valence-electron chi connectivity index (χ0n) is 12.9. The van der Waals surface area contributed by atoms with Crippen molar-refractivity contribution in [2.24, 2.45) is 7.05 Å². The van der Waals surface area contributed by atoms with Crippen LogP contribution in [0.25, 0.3) is 0 Å². The van der Waals surface area contributed by atoms with Crippen LogP contribution in [0.5, 0.6) is 5.75 Å². The molecule has 2 aromatic rings. The third-order valence-corrected chi connectivity index (χ3v) is 2.99. The summed E-state index contributed by atoms with van der Waals surface area (Å²) in [6, 6.07) is 4.53. The molecule has 0 saturated carbocycles. The molecule has 0 bridgehead atoms. The van der Waals surface area contributed by atoms with Crippen molar-refractivity contribution in [2.75, 3.05) is 0 Å². The lowest BCUT2D eigenvalue weighted by Gasteiger charge is -2.21. The second-order valence-electron chi connectivity index (χ2n) is 5.94. The Bertz CT molecular complexity index is 604. The van der Waals surface area contributed by atoms with Crippen molar-refractivity contribution in [2.45, 2.75) is 39.5 Å². The Balaban J connectivity index is 2.09. The summed E-state index contributed by atoms with van der Waals surface area (Å²) in [5.41, 5.74) is 0.736. The summed E-state index contributed by atoms with van der Waals surface area (Å²) >= 11 is 0. The van der Waals surface area contributed by atoms with E-state index in [1.165, 1.54) is 18.5 Å². The first-order valence-corrected chi connectivity index (χ1v) is 6.84. The smallest absolute Gasteiger partial charge is 0.164 e. The first-order chi connectivity index (χ1) is 9.85. The van der Waals surface area contributed by atoms with Crippen LogP contribution >= 0.6 is 0 Å². The van der Waals surface area contributed by atoms with Crippen molar-refractivity contribution in [3.8, 4) is 5.75 Å². The zero-order chi connectivity index (χ0) is 15.5. The number of rotatable bonds is 5. The number of benzene rings is 1. The lowest BCUT2D eigenvalue weighted by atomic mass is 10.1. The number of aryl methyl sites for hydroxylation is 1. The van der Waals surface area contributed by atoms with Crippen LogP contribution in [-0.2, 0) is 20.2 Å². The molecular formula is C15H21FN4O. The van der Waals surface area contributed by atoms with Gasteiger partial charge in [-0.1, -0.05) is 0 Å². The molecule has 0 atom stereocenters. The zero-order valence-corrected chi connectivity index (χ0v) is 12.9. The Morgan fingerprint density at radius 1 is 1.33 bits per heavy atom. The molecule has 0 amide bonds. The van der Waals surface area contributed by atoms with E-state index >= 15 is 0 Å². The number of aromatic nitrogens is 3. The SMILES string of the molecule is Cn1ncnc1COc1ccc(F)cc1CNC(C)(C)C. The van der Waals surface area contributed by atoms with E-state index in [4.69, 9.17) is 4.74 Å². The molecule has 21 heavy (non-hydrogen) atoms. The number of nitrogens with one attached hydrogen (secondary N) is 1. The number of nitrogens with zero attached hydrogens (tertiary/aromatic N) is 3. The second-order valence-corrected chi connectivity index (χ2v) is 5.94. The first-order valence-electron chi connectivity index (χ1n) is 6.84. The van der Waals surface area contributed by atoms with E-state index in [1.807, 2.05) is 0 Å². The number of hydrogen-bond donors (Lipinski definition) is 1. The quantitative estimate of drug-likeness (QED) is 0.919. The first kappa shape index (κ1) is 15.4. The second kappa shape index (κ2) is 6.22. The van der Waals surface area contributed by atoms with E-state index in [0.29, 0.717) is 24.7 Å². The van der Waals surface area contributed by atoms with Crippen LogP contribution in [0.4, 0.5) is 4.39 Å². The maximum atomic E-state index is 13.4. The minimum atomic E-state index is -0.272. The summed E-state index contributed by atoms with van der Waals surface area (Å²) in [5.74, 6) is 1.09. The van der Waals surface area contributed by atoms with Gasteiger partial charge in [-0.3, -0.25) is 4.68 Å². The maximum Gasteiger partial charge on any atom is 0.164 e. The molecule has 0 aliphatic rings. The van der Waals surface area contributed by atoms with Gasteiger partial charge in [0, 0.05) is 24.7 Å². The van der Waals surface area contributed by atoms with Gasteiger partial charge in [0.1, 0.15) is 24.5 Å². The molecule has 0 fully saturated rings. The molecule has 1 aromatic heterocycles. The average Bonchev–Trinajstić information content (AvgIpc) is 2.80. The van der Waals surface area contributed by atoms with Crippen LogP contribution in [0.2, 0.25) is 0 Å². The highest BCUT2D eigenvalue weighted by molar-refractivity contribution is 5.34. The number of hydrogen-bond acceptors (Lipinski definition) is 4. The van der Waals surface area contributed by atoms with Crippen LogP contribution in [-0.4, -0.2) is 20.3 Å². The molecule has 6 heteroatoms. The molecule has 1 N–H and O–H groups in total. The molecule has 5 nitrogen and oxygen atoms in total. The van der Waals surface area contributed by atoms with Crippen LogP contribution in [0.15, 0.2) is 24.5 Å². The molecule has 1 heterocycles. The van der Waals surface area contributed by atoms with Crippen molar-refractivity contribution in [3.05, 3.63) is 41.7 Å².